The number of β-amino-alcohol motifs (C(OH)–C–C–N with tert-alkyl or cyclic N) is 1. The van der Waals surface area contributed by atoms with Crippen molar-refractivity contribution in [3.8, 4) is 0 Å². The lowest BCUT2D eigenvalue weighted by Gasteiger charge is -2.25. The molecule has 0 aromatic rings. The first-order valence-corrected chi connectivity index (χ1v) is 22.2. The average molecular weight is 891 g/mol. The number of Topliss-reactive ketones (excluding diaryl/α,β-unsaturated/α-hetero) is 5. The third-order valence-electron chi connectivity index (χ3n) is 11.4. The molecule has 2 aliphatic rings. The van der Waals surface area contributed by atoms with Crippen LogP contribution in [0.1, 0.15) is 131 Å². The molecule has 354 valence electrons. The maximum Gasteiger partial charge on any atom is 0.306 e. The topological polar surface area (TPSA) is 306 Å². The molecule has 19 heteroatoms. The molecular weight excluding hydrogens is 821 g/mol. The number of rotatable bonds is 30. The van der Waals surface area contributed by atoms with Crippen molar-refractivity contribution >= 4 is 64.4 Å². The Morgan fingerprint density at radius 3 is 1.95 bits per heavy atom. The van der Waals surface area contributed by atoms with Crippen molar-refractivity contribution in [2.45, 2.75) is 162 Å². The molecule has 5 amide bonds. The van der Waals surface area contributed by atoms with Crippen LogP contribution in [-0.2, 0) is 52.7 Å². The number of carboxylic acid groups (broad SMARTS) is 1. The lowest BCUT2D eigenvalue weighted by Crippen LogP contribution is -2.45. The normalized spacial score (nSPS) is 19.7. The third-order valence-corrected chi connectivity index (χ3v) is 11.4. The zero-order valence-electron chi connectivity index (χ0n) is 37.7. The summed E-state index contributed by atoms with van der Waals surface area (Å²) in [6.07, 6.45) is -0.847. The highest BCUT2D eigenvalue weighted by Gasteiger charge is 2.36. The quantitative estimate of drug-likeness (QED) is 0.0523. The number of hydrogen-bond donors (Lipinski definition) is 7. The highest BCUT2D eigenvalue weighted by molar-refractivity contribution is 5.97. The number of carbonyl (C=O) groups is 11. The fraction of sp³-hybridized carbons (Fsp3) is 0.750. The van der Waals surface area contributed by atoms with Crippen LogP contribution in [0.3, 0.4) is 0 Å². The second-order valence-electron chi connectivity index (χ2n) is 18.1. The van der Waals surface area contributed by atoms with Crippen molar-refractivity contribution in [3.05, 3.63) is 0 Å². The van der Waals surface area contributed by atoms with E-state index in [4.69, 9.17) is 10.8 Å². The Morgan fingerprint density at radius 1 is 0.746 bits per heavy atom. The summed E-state index contributed by atoms with van der Waals surface area (Å²) in [7, 11) is 0. The Labute approximate surface area is 369 Å². The van der Waals surface area contributed by atoms with Gasteiger partial charge in [0.2, 0.25) is 29.5 Å². The number of nitrogens with one attached hydrogen (secondary N) is 4. The van der Waals surface area contributed by atoms with Crippen LogP contribution >= 0.6 is 0 Å². The standard InChI is InChI=1S/C44H70N6O13/c1-24(2)16-28(43(61)48-27(6)35(53)11-14-41(59)50-15-7-8-34(50)38(56)18-26(5)44(62)63)19-30(51)23-47-42(60)29(17-25(3)4)20-37(55)32(9-12-39(45)57)49-40(58)13-10-36(54)33-21-31(52)22-46-33/h24-29,31-34,46,52H,7-23H2,1-6H3,(H2,45,57)(H,47,60)(H,48,61)(H,49,58)(H,62,63)/t26-,27+,28-,29-,31+,32+,33-,34+/m1/s1. The molecule has 2 saturated heterocycles. The van der Waals surface area contributed by atoms with Gasteiger partial charge >= 0.3 is 5.97 Å². The monoisotopic (exact) mass is 891 g/mol. The highest BCUT2D eigenvalue weighted by atomic mass is 16.4. The molecule has 19 nitrogen and oxygen atoms in total. The maximum atomic E-state index is 13.6. The van der Waals surface area contributed by atoms with Gasteiger partial charge in [-0.15, -0.1) is 0 Å². The number of carbonyl (C=O) groups excluding carboxylic acids is 10. The Kier molecular flexibility index (Phi) is 22.9. The molecule has 2 heterocycles. The minimum Gasteiger partial charge on any atom is -0.481 e. The molecular formula is C44H70N6O13. The molecule has 0 saturated carbocycles. The Bertz CT molecular complexity index is 1680. The molecule has 2 fully saturated rings. The first kappa shape index (κ1) is 54.2. The summed E-state index contributed by atoms with van der Waals surface area (Å²) in [5, 5.41) is 29.5. The molecule has 8 N–H and O–H groups in total. The Morgan fingerprint density at radius 2 is 1.38 bits per heavy atom. The van der Waals surface area contributed by atoms with E-state index < -0.39 is 107 Å². The first-order valence-electron chi connectivity index (χ1n) is 22.2. The molecule has 0 unspecified atom stereocenters. The van der Waals surface area contributed by atoms with Crippen molar-refractivity contribution in [2.24, 2.45) is 35.3 Å². The molecule has 0 aromatic carbocycles. The summed E-state index contributed by atoms with van der Waals surface area (Å²) in [6, 6.07) is -3.49. The van der Waals surface area contributed by atoms with Crippen LogP contribution in [0.2, 0.25) is 0 Å². The summed E-state index contributed by atoms with van der Waals surface area (Å²) < 4.78 is 0. The number of aliphatic hydroxyl groups is 1. The predicted molar refractivity (Wildman–Crippen MR) is 228 cm³/mol. The molecule has 0 spiro atoms. The van der Waals surface area contributed by atoms with E-state index in [1.807, 2.05) is 27.7 Å². The first-order chi connectivity index (χ1) is 29.5. The summed E-state index contributed by atoms with van der Waals surface area (Å²) in [5.41, 5.74) is 5.32. The molecule has 0 aromatic heterocycles. The van der Waals surface area contributed by atoms with Crippen LogP contribution in [0.4, 0.5) is 0 Å². The van der Waals surface area contributed by atoms with Gasteiger partial charge < -0.3 is 42.1 Å². The van der Waals surface area contributed by atoms with Gasteiger partial charge in [0.15, 0.2) is 23.1 Å². The number of ketones is 5. The van der Waals surface area contributed by atoms with Crippen LogP contribution in [0, 0.1) is 29.6 Å². The van der Waals surface area contributed by atoms with Gasteiger partial charge in [-0.25, -0.2) is 0 Å². The van der Waals surface area contributed by atoms with E-state index in [9.17, 15) is 57.8 Å². The number of likely N-dealkylation sites (tertiary alicyclic amines) is 1. The Hall–Kier alpha value is -4.91. The van der Waals surface area contributed by atoms with Crippen molar-refractivity contribution in [3.63, 3.8) is 0 Å². The molecule has 2 rings (SSSR count). The van der Waals surface area contributed by atoms with Crippen molar-refractivity contribution in [2.75, 3.05) is 19.6 Å². The summed E-state index contributed by atoms with van der Waals surface area (Å²) in [4.78, 5) is 142. The largest absolute Gasteiger partial charge is 0.481 e. The molecule has 0 bridgehead atoms. The Balaban J connectivity index is 1.98. The minimum atomic E-state index is -1.17. The van der Waals surface area contributed by atoms with E-state index in [1.165, 1.54) is 18.7 Å². The van der Waals surface area contributed by atoms with Crippen LogP contribution in [0.15, 0.2) is 0 Å². The molecule has 2 aliphatic heterocycles. The molecule has 0 aliphatic carbocycles. The lowest BCUT2D eigenvalue weighted by atomic mass is 9.88. The minimum absolute atomic E-state index is 0.0235. The van der Waals surface area contributed by atoms with E-state index in [2.05, 4.69) is 21.3 Å². The van der Waals surface area contributed by atoms with Gasteiger partial charge in [-0.1, -0.05) is 34.6 Å². The van der Waals surface area contributed by atoms with Crippen LogP contribution < -0.4 is 27.0 Å². The number of amides is 5. The van der Waals surface area contributed by atoms with Crippen molar-refractivity contribution in [1.29, 1.82) is 0 Å². The lowest BCUT2D eigenvalue weighted by molar-refractivity contribution is -0.144. The molecule has 0 radical (unpaired) electrons. The second kappa shape index (κ2) is 26.7. The van der Waals surface area contributed by atoms with Crippen molar-refractivity contribution in [1.82, 2.24) is 26.2 Å². The fourth-order valence-corrected chi connectivity index (χ4v) is 7.93. The number of hydrogen-bond acceptors (Lipinski definition) is 13. The maximum absolute atomic E-state index is 13.6. The van der Waals surface area contributed by atoms with Crippen LogP contribution in [0.25, 0.3) is 0 Å². The third kappa shape index (κ3) is 19.6. The number of carboxylic acids is 1. The van der Waals surface area contributed by atoms with Gasteiger partial charge in [-0.05, 0) is 57.3 Å². The van der Waals surface area contributed by atoms with Gasteiger partial charge in [-0.2, -0.15) is 0 Å². The smallest absolute Gasteiger partial charge is 0.306 e. The number of nitrogens with two attached hydrogens (primary N) is 1. The van der Waals surface area contributed by atoms with Crippen molar-refractivity contribution < 1.29 is 63.0 Å². The average Bonchev–Trinajstić information content (AvgIpc) is 3.88. The number of aliphatic hydroxyl groups excluding tert-OH is 1. The predicted octanol–water partition coefficient (Wildman–Crippen LogP) is 0.693. The number of primary amides is 1. The van der Waals surface area contributed by atoms with E-state index in [-0.39, 0.29) is 107 Å². The van der Waals surface area contributed by atoms with Gasteiger partial charge in [0.05, 0.1) is 42.7 Å². The van der Waals surface area contributed by atoms with Crippen LogP contribution in [0.5, 0.6) is 0 Å². The van der Waals surface area contributed by atoms with E-state index in [1.54, 1.807) is 0 Å². The second-order valence-corrected chi connectivity index (χ2v) is 18.1. The van der Waals surface area contributed by atoms with Gasteiger partial charge in [0, 0.05) is 76.3 Å². The van der Waals surface area contributed by atoms with Gasteiger partial charge in [-0.3, -0.25) is 52.7 Å². The van der Waals surface area contributed by atoms with Gasteiger partial charge in [0.25, 0.3) is 0 Å². The SMILES string of the molecule is CC(C)C[C@H](CC(=O)[C@H](CCC(N)=O)NC(=O)CCC(=O)[C@H]1C[C@H](O)CN1)C(=O)NCC(=O)C[C@@H](CC(C)C)C(=O)N[C@@H](C)C(=O)CCC(=O)N1CCC[C@H]1C(=O)C[C@@H](C)C(=O)O. The summed E-state index contributed by atoms with van der Waals surface area (Å²) >= 11 is 0. The van der Waals surface area contributed by atoms with E-state index in [0.29, 0.717) is 19.4 Å². The molecule has 63 heavy (non-hydrogen) atoms. The zero-order chi connectivity index (χ0) is 47.6. The fourth-order valence-electron chi connectivity index (χ4n) is 7.93. The number of aliphatic carboxylic acids is 1. The molecule has 8 atom stereocenters. The van der Waals surface area contributed by atoms with E-state index >= 15 is 0 Å². The highest BCUT2D eigenvalue weighted by Crippen LogP contribution is 2.23. The van der Waals surface area contributed by atoms with Crippen LogP contribution in [-0.4, -0.2) is 129 Å². The summed E-state index contributed by atoms with van der Waals surface area (Å²) in [6.45, 7) is 10.4. The summed E-state index contributed by atoms with van der Waals surface area (Å²) in [5.74, 6) is -8.77. The zero-order valence-corrected chi connectivity index (χ0v) is 37.7. The van der Waals surface area contributed by atoms with Gasteiger partial charge in [0.1, 0.15) is 5.78 Å². The number of nitrogens with zero attached hydrogens (tertiary/aromatic N) is 1. The van der Waals surface area contributed by atoms with E-state index in [0.717, 1.165) is 0 Å².